The molecule has 1 aliphatic carbocycles. The first-order chi connectivity index (χ1) is 7.03. The molecule has 0 aromatic carbocycles. The van der Waals surface area contributed by atoms with Crippen molar-refractivity contribution in [2.24, 2.45) is 0 Å². The molecule has 88 valence electrons. The molecule has 1 aliphatic rings. The number of carbonyl (C=O) groups is 1. The summed E-state index contributed by atoms with van der Waals surface area (Å²) in [4.78, 5) is 11.2. The zero-order chi connectivity index (χ0) is 11.3. The van der Waals surface area contributed by atoms with Crippen molar-refractivity contribution in [1.82, 2.24) is 10.0 Å². The van der Waals surface area contributed by atoms with Gasteiger partial charge in [-0.25, -0.2) is 13.1 Å². The van der Waals surface area contributed by atoms with Gasteiger partial charge in [0.2, 0.25) is 15.9 Å². The lowest BCUT2D eigenvalue weighted by molar-refractivity contribution is -0.120. The van der Waals surface area contributed by atoms with Crippen LogP contribution in [0.4, 0.5) is 0 Å². The topological polar surface area (TPSA) is 75.3 Å². The maximum absolute atomic E-state index is 11.3. The molecule has 0 bridgehead atoms. The quantitative estimate of drug-likeness (QED) is 0.650. The van der Waals surface area contributed by atoms with Crippen LogP contribution in [0.15, 0.2) is 0 Å². The number of rotatable bonds is 7. The smallest absolute Gasteiger partial charge is 0.235 e. The zero-order valence-electron chi connectivity index (χ0n) is 8.95. The summed E-state index contributed by atoms with van der Waals surface area (Å²) >= 11 is 0. The van der Waals surface area contributed by atoms with E-state index in [9.17, 15) is 13.2 Å². The third kappa shape index (κ3) is 5.74. The van der Waals surface area contributed by atoms with E-state index in [0.717, 1.165) is 19.3 Å². The first-order valence-electron chi connectivity index (χ1n) is 5.30. The Kier molecular flexibility index (Phi) is 4.53. The number of hydrogen-bond donors (Lipinski definition) is 2. The van der Waals surface area contributed by atoms with E-state index in [2.05, 4.69) is 10.0 Å². The molecule has 0 atom stereocenters. The number of nitrogens with one attached hydrogen (secondary N) is 2. The highest BCUT2D eigenvalue weighted by Crippen LogP contribution is 2.18. The minimum absolute atomic E-state index is 0.0974. The van der Waals surface area contributed by atoms with Gasteiger partial charge in [-0.2, -0.15) is 0 Å². The van der Waals surface area contributed by atoms with Gasteiger partial charge in [-0.05, 0) is 19.3 Å². The van der Waals surface area contributed by atoms with Crippen molar-refractivity contribution in [2.75, 3.05) is 12.3 Å². The van der Waals surface area contributed by atoms with Crippen LogP contribution < -0.4 is 10.0 Å². The third-order valence-electron chi connectivity index (χ3n) is 2.16. The standard InChI is InChI=1S/C9H18N2O3S/c1-2-3-6-15(13,14)10-7-9(12)11-8-4-5-8/h8,10H,2-7H2,1H3,(H,11,12). The van der Waals surface area contributed by atoms with Gasteiger partial charge < -0.3 is 5.32 Å². The van der Waals surface area contributed by atoms with Crippen LogP contribution in [0, 0.1) is 0 Å². The summed E-state index contributed by atoms with van der Waals surface area (Å²) < 4.78 is 24.9. The maximum Gasteiger partial charge on any atom is 0.235 e. The molecular formula is C9H18N2O3S. The number of unbranched alkanes of at least 4 members (excludes halogenated alkanes) is 1. The molecule has 0 unspecified atom stereocenters. The molecule has 0 aliphatic heterocycles. The van der Waals surface area contributed by atoms with Crippen molar-refractivity contribution in [3.05, 3.63) is 0 Å². The molecule has 15 heavy (non-hydrogen) atoms. The van der Waals surface area contributed by atoms with Gasteiger partial charge in [-0.1, -0.05) is 13.3 Å². The second kappa shape index (κ2) is 5.46. The molecule has 6 heteroatoms. The van der Waals surface area contributed by atoms with E-state index in [0.29, 0.717) is 6.42 Å². The first kappa shape index (κ1) is 12.4. The summed E-state index contributed by atoms with van der Waals surface area (Å²) in [6.07, 6.45) is 3.47. The van der Waals surface area contributed by atoms with Gasteiger partial charge in [0.15, 0.2) is 0 Å². The fourth-order valence-corrected chi connectivity index (χ4v) is 2.25. The van der Waals surface area contributed by atoms with E-state index in [1.165, 1.54) is 0 Å². The Hall–Kier alpha value is -0.620. The highest BCUT2D eigenvalue weighted by molar-refractivity contribution is 7.89. The Morgan fingerprint density at radius 1 is 1.40 bits per heavy atom. The van der Waals surface area contributed by atoms with Crippen LogP contribution in [0.1, 0.15) is 32.6 Å². The fourth-order valence-electron chi connectivity index (χ4n) is 1.09. The van der Waals surface area contributed by atoms with Gasteiger partial charge in [-0.15, -0.1) is 0 Å². The van der Waals surface area contributed by atoms with Crippen LogP contribution in [0.5, 0.6) is 0 Å². The van der Waals surface area contributed by atoms with Crippen molar-refractivity contribution >= 4 is 15.9 Å². The molecule has 0 aromatic heterocycles. The summed E-state index contributed by atoms with van der Waals surface area (Å²) in [5, 5.41) is 2.72. The largest absolute Gasteiger partial charge is 0.352 e. The minimum Gasteiger partial charge on any atom is -0.352 e. The van der Waals surface area contributed by atoms with Gasteiger partial charge in [-0.3, -0.25) is 4.79 Å². The molecule has 5 nitrogen and oxygen atoms in total. The summed E-state index contributed by atoms with van der Waals surface area (Å²) in [7, 11) is -3.27. The molecule has 1 amide bonds. The molecule has 1 saturated carbocycles. The number of hydrogen-bond acceptors (Lipinski definition) is 3. The lowest BCUT2D eigenvalue weighted by atomic mass is 10.4. The molecule has 1 rings (SSSR count). The Labute approximate surface area is 90.7 Å². The Morgan fingerprint density at radius 3 is 2.60 bits per heavy atom. The van der Waals surface area contributed by atoms with Crippen molar-refractivity contribution in [3.63, 3.8) is 0 Å². The summed E-state index contributed by atoms with van der Waals surface area (Å²) in [6, 6.07) is 0.276. The van der Waals surface area contributed by atoms with E-state index in [1.807, 2.05) is 6.92 Å². The number of carbonyl (C=O) groups excluding carboxylic acids is 1. The third-order valence-corrected chi connectivity index (χ3v) is 3.57. The van der Waals surface area contributed by atoms with Gasteiger partial charge in [0, 0.05) is 6.04 Å². The molecule has 0 spiro atoms. The van der Waals surface area contributed by atoms with Gasteiger partial charge in [0.05, 0.1) is 12.3 Å². The lowest BCUT2D eigenvalue weighted by Crippen LogP contribution is -2.38. The van der Waals surface area contributed by atoms with Gasteiger partial charge >= 0.3 is 0 Å². The van der Waals surface area contributed by atoms with E-state index >= 15 is 0 Å². The van der Waals surface area contributed by atoms with Crippen LogP contribution in [0.25, 0.3) is 0 Å². The highest BCUT2D eigenvalue weighted by Gasteiger charge is 2.23. The molecule has 0 radical (unpaired) electrons. The fraction of sp³-hybridized carbons (Fsp3) is 0.889. The molecular weight excluding hydrogens is 216 g/mol. The molecule has 0 aromatic rings. The lowest BCUT2D eigenvalue weighted by Gasteiger charge is -2.06. The monoisotopic (exact) mass is 234 g/mol. The Morgan fingerprint density at radius 2 is 2.07 bits per heavy atom. The minimum atomic E-state index is -3.27. The molecule has 2 N–H and O–H groups in total. The van der Waals surface area contributed by atoms with Crippen LogP contribution in [0.3, 0.4) is 0 Å². The summed E-state index contributed by atoms with van der Waals surface area (Å²) in [5.74, 6) is -0.141. The van der Waals surface area contributed by atoms with Crippen LogP contribution in [0.2, 0.25) is 0 Å². The summed E-state index contributed by atoms with van der Waals surface area (Å²) in [6.45, 7) is 1.79. The van der Waals surface area contributed by atoms with E-state index in [4.69, 9.17) is 0 Å². The molecule has 0 saturated heterocycles. The van der Waals surface area contributed by atoms with Crippen molar-refractivity contribution < 1.29 is 13.2 Å². The highest BCUT2D eigenvalue weighted by atomic mass is 32.2. The summed E-state index contributed by atoms with van der Waals surface area (Å²) in [5.41, 5.74) is 0. The number of sulfonamides is 1. The maximum atomic E-state index is 11.3. The zero-order valence-corrected chi connectivity index (χ0v) is 9.77. The van der Waals surface area contributed by atoms with Crippen LogP contribution in [-0.2, 0) is 14.8 Å². The average molecular weight is 234 g/mol. The van der Waals surface area contributed by atoms with Gasteiger partial charge in [0.25, 0.3) is 0 Å². The van der Waals surface area contributed by atoms with Gasteiger partial charge in [0.1, 0.15) is 0 Å². The van der Waals surface area contributed by atoms with E-state index in [1.54, 1.807) is 0 Å². The second-order valence-corrected chi connectivity index (χ2v) is 5.76. The Bertz CT molecular complexity index is 309. The van der Waals surface area contributed by atoms with Crippen molar-refractivity contribution in [1.29, 1.82) is 0 Å². The van der Waals surface area contributed by atoms with Crippen molar-refractivity contribution in [3.8, 4) is 0 Å². The molecule has 1 fully saturated rings. The predicted molar refractivity (Wildman–Crippen MR) is 57.9 cm³/mol. The molecule has 0 heterocycles. The normalized spacial score (nSPS) is 16.3. The average Bonchev–Trinajstić information content (AvgIpc) is 2.96. The SMILES string of the molecule is CCCCS(=O)(=O)NCC(=O)NC1CC1. The van der Waals surface area contributed by atoms with Crippen molar-refractivity contribution in [2.45, 2.75) is 38.6 Å². The van der Waals surface area contributed by atoms with Crippen LogP contribution in [-0.4, -0.2) is 32.7 Å². The van der Waals surface area contributed by atoms with E-state index in [-0.39, 0.29) is 24.2 Å². The Balaban J connectivity index is 2.18. The second-order valence-electron chi connectivity index (χ2n) is 3.84. The van der Waals surface area contributed by atoms with Crippen LogP contribution >= 0.6 is 0 Å². The predicted octanol–water partition coefficient (Wildman–Crippen LogP) is -0.0155. The number of amides is 1. The first-order valence-corrected chi connectivity index (χ1v) is 6.95. The van der Waals surface area contributed by atoms with E-state index < -0.39 is 10.0 Å².